The molecule has 0 aliphatic heterocycles. The van der Waals surface area contributed by atoms with E-state index in [4.69, 9.17) is 27.5 Å². The molecule has 6 heteroatoms. The van der Waals surface area contributed by atoms with Crippen LogP contribution in [-0.4, -0.2) is 5.84 Å². The predicted octanol–water partition coefficient (Wildman–Crippen LogP) is 3.48. The number of halogens is 3. The Balaban J connectivity index is 2.10. The Morgan fingerprint density at radius 1 is 1.15 bits per heavy atom. The van der Waals surface area contributed by atoms with Crippen LogP contribution in [0.25, 0.3) is 0 Å². The standard InChI is InChI=1S/C14H11ClF2N2O/c15-10-5-8(1-3-11(10)16)7-20-13-4-2-9(14(18)19)6-12(13)17/h1-6H,7H2,(H3,18,19). The molecule has 0 heterocycles. The van der Waals surface area contributed by atoms with Gasteiger partial charge in [-0.15, -0.1) is 0 Å². The van der Waals surface area contributed by atoms with E-state index in [1.54, 1.807) is 0 Å². The predicted molar refractivity (Wildman–Crippen MR) is 73.2 cm³/mol. The molecular weight excluding hydrogens is 286 g/mol. The van der Waals surface area contributed by atoms with Crippen LogP contribution in [0, 0.1) is 17.0 Å². The number of nitrogens with two attached hydrogens (primary N) is 1. The molecule has 2 aromatic carbocycles. The highest BCUT2D eigenvalue weighted by Gasteiger charge is 2.07. The molecule has 0 radical (unpaired) electrons. The second-order valence-corrected chi connectivity index (χ2v) is 4.50. The van der Waals surface area contributed by atoms with Crippen molar-refractivity contribution in [3.05, 3.63) is 64.2 Å². The molecule has 0 saturated carbocycles. The average Bonchev–Trinajstić information content (AvgIpc) is 2.41. The van der Waals surface area contributed by atoms with E-state index in [0.717, 1.165) is 6.07 Å². The summed E-state index contributed by atoms with van der Waals surface area (Å²) in [6.45, 7) is 0.0519. The van der Waals surface area contributed by atoms with Crippen molar-refractivity contribution in [2.24, 2.45) is 5.73 Å². The van der Waals surface area contributed by atoms with Crippen LogP contribution < -0.4 is 10.5 Å². The first-order valence-electron chi connectivity index (χ1n) is 5.68. The molecule has 3 nitrogen and oxygen atoms in total. The fourth-order valence-electron chi connectivity index (χ4n) is 1.58. The second-order valence-electron chi connectivity index (χ2n) is 4.10. The number of hydrogen-bond acceptors (Lipinski definition) is 2. The van der Waals surface area contributed by atoms with Crippen molar-refractivity contribution >= 4 is 17.4 Å². The zero-order valence-electron chi connectivity index (χ0n) is 10.3. The van der Waals surface area contributed by atoms with Gasteiger partial charge in [0.2, 0.25) is 0 Å². The maximum Gasteiger partial charge on any atom is 0.165 e. The molecule has 0 unspecified atom stereocenters. The number of amidine groups is 1. The molecule has 0 bridgehead atoms. The van der Waals surface area contributed by atoms with Crippen LogP contribution in [0.2, 0.25) is 5.02 Å². The van der Waals surface area contributed by atoms with Gasteiger partial charge in [0.15, 0.2) is 11.6 Å². The lowest BCUT2D eigenvalue weighted by atomic mass is 10.2. The van der Waals surface area contributed by atoms with E-state index in [-0.39, 0.29) is 28.8 Å². The van der Waals surface area contributed by atoms with Gasteiger partial charge in [0.05, 0.1) is 5.02 Å². The summed E-state index contributed by atoms with van der Waals surface area (Å²) >= 11 is 5.64. The van der Waals surface area contributed by atoms with Crippen molar-refractivity contribution in [2.45, 2.75) is 6.61 Å². The monoisotopic (exact) mass is 296 g/mol. The summed E-state index contributed by atoms with van der Waals surface area (Å²) in [5.74, 6) is -1.34. The van der Waals surface area contributed by atoms with Crippen molar-refractivity contribution < 1.29 is 13.5 Å². The molecule has 0 aliphatic rings. The molecule has 0 atom stereocenters. The zero-order chi connectivity index (χ0) is 14.7. The molecule has 20 heavy (non-hydrogen) atoms. The molecule has 0 amide bonds. The van der Waals surface area contributed by atoms with E-state index < -0.39 is 11.6 Å². The number of hydrogen-bond donors (Lipinski definition) is 2. The number of benzene rings is 2. The van der Waals surface area contributed by atoms with Crippen LogP contribution in [-0.2, 0) is 6.61 Å². The van der Waals surface area contributed by atoms with Gasteiger partial charge in [0.1, 0.15) is 18.3 Å². The van der Waals surface area contributed by atoms with Crippen molar-refractivity contribution in [3.8, 4) is 5.75 Å². The lowest BCUT2D eigenvalue weighted by Crippen LogP contribution is -2.11. The van der Waals surface area contributed by atoms with E-state index in [0.29, 0.717) is 5.56 Å². The average molecular weight is 297 g/mol. The van der Waals surface area contributed by atoms with Crippen LogP contribution >= 0.6 is 11.6 Å². The smallest absolute Gasteiger partial charge is 0.165 e. The maximum absolute atomic E-state index is 13.7. The van der Waals surface area contributed by atoms with E-state index in [9.17, 15) is 8.78 Å². The van der Waals surface area contributed by atoms with E-state index in [2.05, 4.69) is 0 Å². The van der Waals surface area contributed by atoms with E-state index >= 15 is 0 Å². The van der Waals surface area contributed by atoms with Crippen LogP contribution in [0.4, 0.5) is 8.78 Å². The number of ether oxygens (including phenoxy) is 1. The van der Waals surface area contributed by atoms with Gasteiger partial charge in [-0.05, 0) is 35.9 Å². The highest BCUT2D eigenvalue weighted by Crippen LogP contribution is 2.21. The normalized spacial score (nSPS) is 10.3. The summed E-state index contributed by atoms with van der Waals surface area (Å²) < 4.78 is 32.0. The molecule has 0 fully saturated rings. The molecule has 0 saturated heterocycles. The Morgan fingerprint density at radius 3 is 2.50 bits per heavy atom. The number of rotatable bonds is 4. The second kappa shape index (κ2) is 5.88. The Bertz CT molecular complexity index is 662. The minimum absolute atomic E-state index is 0.0153. The van der Waals surface area contributed by atoms with Gasteiger partial charge in [-0.1, -0.05) is 17.7 Å². The summed E-state index contributed by atoms with van der Waals surface area (Å²) in [6, 6.07) is 8.13. The van der Waals surface area contributed by atoms with E-state index in [1.807, 2.05) is 0 Å². The molecule has 2 aromatic rings. The number of nitrogen functional groups attached to an aromatic ring is 1. The highest BCUT2D eigenvalue weighted by atomic mass is 35.5. The van der Waals surface area contributed by atoms with Gasteiger partial charge >= 0.3 is 0 Å². The third kappa shape index (κ3) is 3.24. The largest absolute Gasteiger partial charge is 0.486 e. The van der Waals surface area contributed by atoms with Crippen LogP contribution in [0.5, 0.6) is 5.75 Å². The Labute approximate surface area is 119 Å². The minimum Gasteiger partial charge on any atom is -0.486 e. The van der Waals surface area contributed by atoms with E-state index in [1.165, 1.54) is 30.3 Å². The lowest BCUT2D eigenvalue weighted by Gasteiger charge is -2.09. The molecule has 0 aromatic heterocycles. The third-order valence-electron chi connectivity index (χ3n) is 2.62. The van der Waals surface area contributed by atoms with Crippen molar-refractivity contribution in [1.82, 2.24) is 0 Å². The van der Waals surface area contributed by atoms with Crippen molar-refractivity contribution in [1.29, 1.82) is 5.41 Å². The van der Waals surface area contributed by atoms with Gasteiger partial charge in [-0.2, -0.15) is 0 Å². The van der Waals surface area contributed by atoms with Crippen molar-refractivity contribution in [2.75, 3.05) is 0 Å². The van der Waals surface area contributed by atoms with Gasteiger partial charge in [0, 0.05) is 5.56 Å². The first kappa shape index (κ1) is 14.3. The Kier molecular flexibility index (Phi) is 4.20. The lowest BCUT2D eigenvalue weighted by molar-refractivity contribution is 0.290. The fraction of sp³-hybridized carbons (Fsp3) is 0.0714. The SMILES string of the molecule is N=C(N)c1ccc(OCc2ccc(F)c(Cl)c2)c(F)c1. The third-order valence-corrected chi connectivity index (χ3v) is 2.91. The van der Waals surface area contributed by atoms with Gasteiger partial charge in [0.25, 0.3) is 0 Å². The van der Waals surface area contributed by atoms with Crippen LogP contribution in [0.1, 0.15) is 11.1 Å². The minimum atomic E-state index is -0.620. The summed E-state index contributed by atoms with van der Waals surface area (Å²) in [5.41, 5.74) is 6.15. The quantitative estimate of drug-likeness (QED) is 0.670. The molecular formula is C14H11ClF2N2O. The summed E-state index contributed by atoms with van der Waals surface area (Å²) in [6.07, 6.45) is 0. The van der Waals surface area contributed by atoms with Gasteiger partial charge in [-0.25, -0.2) is 8.78 Å². The van der Waals surface area contributed by atoms with Crippen LogP contribution in [0.15, 0.2) is 36.4 Å². The molecule has 2 rings (SSSR count). The van der Waals surface area contributed by atoms with Gasteiger partial charge < -0.3 is 10.5 Å². The summed E-state index contributed by atoms with van der Waals surface area (Å²) in [4.78, 5) is 0. The topological polar surface area (TPSA) is 59.1 Å². The zero-order valence-corrected chi connectivity index (χ0v) is 11.0. The highest BCUT2D eigenvalue weighted by molar-refractivity contribution is 6.30. The summed E-state index contributed by atoms with van der Waals surface area (Å²) in [7, 11) is 0. The molecule has 0 spiro atoms. The van der Waals surface area contributed by atoms with Crippen molar-refractivity contribution in [3.63, 3.8) is 0 Å². The summed E-state index contributed by atoms with van der Waals surface area (Å²) in [5, 5.41) is 7.19. The molecule has 3 N–H and O–H groups in total. The Hall–Kier alpha value is -2.14. The maximum atomic E-state index is 13.7. The fourth-order valence-corrected chi connectivity index (χ4v) is 1.78. The molecule has 104 valence electrons. The number of nitrogens with one attached hydrogen (secondary N) is 1. The van der Waals surface area contributed by atoms with Crippen LogP contribution in [0.3, 0.4) is 0 Å². The molecule has 0 aliphatic carbocycles. The Morgan fingerprint density at radius 2 is 1.90 bits per heavy atom. The first-order valence-corrected chi connectivity index (χ1v) is 6.06. The van der Waals surface area contributed by atoms with Gasteiger partial charge in [-0.3, -0.25) is 5.41 Å². The first-order chi connectivity index (χ1) is 9.47.